The van der Waals surface area contributed by atoms with Crippen LogP contribution in [0.5, 0.6) is 0 Å². The lowest BCUT2D eigenvalue weighted by atomic mass is 10.3. The number of nitrogens with two attached hydrogens (primary N) is 1. The van der Waals surface area contributed by atoms with Crippen molar-refractivity contribution in [2.75, 3.05) is 5.73 Å². The summed E-state index contributed by atoms with van der Waals surface area (Å²) in [7, 11) is 1.87. The van der Waals surface area contributed by atoms with Crippen LogP contribution < -0.4 is 5.73 Å². The molecule has 2 aromatic heterocycles. The Kier molecular flexibility index (Phi) is 2.12. The Bertz CT molecular complexity index is 701. The third kappa shape index (κ3) is 1.57. The van der Waals surface area contributed by atoms with E-state index in [1.165, 1.54) is 23.5 Å². The molecule has 0 aliphatic carbocycles. The van der Waals surface area contributed by atoms with E-state index >= 15 is 0 Å². The van der Waals surface area contributed by atoms with Gasteiger partial charge >= 0.3 is 0 Å². The number of nitrogens with zero attached hydrogens (tertiary/aromatic N) is 3. The zero-order chi connectivity index (χ0) is 12.0. The normalized spacial score (nSPS) is 11.2. The third-order valence-electron chi connectivity index (χ3n) is 2.59. The maximum atomic E-state index is 13.1. The van der Waals surface area contributed by atoms with E-state index in [0.717, 1.165) is 5.52 Å². The van der Waals surface area contributed by atoms with Gasteiger partial charge in [0.25, 0.3) is 0 Å². The fourth-order valence-electron chi connectivity index (χ4n) is 1.79. The first-order valence-electron chi connectivity index (χ1n) is 4.98. The van der Waals surface area contributed by atoms with E-state index in [0.29, 0.717) is 22.2 Å². The SMILES string of the molecule is Cn1c(-c2csc(N)n2)nc2cc(F)ccc21. The van der Waals surface area contributed by atoms with Gasteiger partial charge < -0.3 is 10.3 Å². The van der Waals surface area contributed by atoms with Gasteiger partial charge in [0, 0.05) is 18.5 Å². The highest BCUT2D eigenvalue weighted by atomic mass is 32.1. The van der Waals surface area contributed by atoms with Crippen LogP contribution in [0.1, 0.15) is 0 Å². The molecule has 0 saturated carbocycles. The number of benzene rings is 1. The molecule has 86 valence electrons. The predicted molar refractivity (Wildman–Crippen MR) is 66.2 cm³/mol. The van der Waals surface area contributed by atoms with Crippen molar-refractivity contribution in [3.63, 3.8) is 0 Å². The number of rotatable bonds is 1. The molecule has 3 rings (SSSR count). The van der Waals surface area contributed by atoms with Crippen LogP contribution in [0, 0.1) is 5.82 Å². The van der Waals surface area contributed by atoms with E-state index < -0.39 is 0 Å². The predicted octanol–water partition coefficient (Wildman–Crippen LogP) is 2.42. The topological polar surface area (TPSA) is 56.7 Å². The van der Waals surface area contributed by atoms with Crippen LogP contribution in [0.15, 0.2) is 23.6 Å². The maximum Gasteiger partial charge on any atom is 0.180 e. The molecule has 0 fully saturated rings. The van der Waals surface area contributed by atoms with E-state index in [4.69, 9.17) is 5.73 Å². The summed E-state index contributed by atoms with van der Waals surface area (Å²) in [5.41, 5.74) is 7.80. The van der Waals surface area contributed by atoms with Crippen molar-refractivity contribution in [3.8, 4) is 11.5 Å². The zero-order valence-corrected chi connectivity index (χ0v) is 9.83. The monoisotopic (exact) mass is 248 g/mol. The molecule has 0 unspecified atom stereocenters. The summed E-state index contributed by atoms with van der Waals surface area (Å²) in [6.07, 6.45) is 0. The summed E-state index contributed by atoms with van der Waals surface area (Å²) in [6.45, 7) is 0. The van der Waals surface area contributed by atoms with Crippen molar-refractivity contribution in [3.05, 3.63) is 29.4 Å². The van der Waals surface area contributed by atoms with Crippen LogP contribution in [0.25, 0.3) is 22.6 Å². The molecule has 0 atom stereocenters. The number of imidazole rings is 1. The van der Waals surface area contributed by atoms with E-state index in [-0.39, 0.29) is 5.82 Å². The van der Waals surface area contributed by atoms with Crippen molar-refractivity contribution < 1.29 is 4.39 Å². The molecule has 4 nitrogen and oxygen atoms in total. The Balaban J connectivity index is 2.27. The molecule has 0 spiro atoms. The Hall–Kier alpha value is -1.95. The minimum Gasteiger partial charge on any atom is -0.375 e. The molecule has 0 bridgehead atoms. The van der Waals surface area contributed by atoms with Crippen LogP contribution in [-0.2, 0) is 7.05 Å². The lowest BCUT2D eigenvalue weighted by Crippen LogP contribution is -1.93. The third-order valence-corrected chi connectivity index (χ3v) is 3.27. The second-order valence-corrected chi connectivity index (χ2v) is 4.59. The Morgan fingerprint density at radius 2 is 2.18 bits per heavy atom. The molecule has 17 heavy (non-hydrogen) atoms. The summed E-state index contributed by atoms with van der Waals surface area (Å²) in [4.78, 5) is 8.55. The molecule has 0 saturated heterocycles. The summed E-state index contributed by atoms with van der Waals surface area (Å²) in [5, 5.41) is 2.34. The lowest BCUT2D eigenvalue weighted by molar-refractivity contribution is 0.629. The number of halogens is 1. The first-order valence-corrected chi connectivity index (χ1v) is 5.86. The lowest BCUT2D eigenvalue weighted by Gasteiger charge is -1.97. The number of hydrogen-bond donors (Lipinski definition) is 1. The van der Waals surface area contributed by atoms with E-state index in [9.17, 15) is 4.39 Å². The van der Waals surface area contributed by atoms with Gasteiger partial charge in [-0.2, -0.15) is 0 Å². The van der Waals surface area contributed by atoms with E-state index in [1.54, 1.807) is 6.07 Å². The Morgan fingerprint density at radius 1 is 1.35 bits per heavy atom. The van der Waals surface area contributed by atoms with Gasteiger partial charge in [-0.05, 0) is 12.1 Å². The first kappa shape index (κ1) is 10.2. The highest BCUT2D eigenvalue weighted by Gasteiger charge is 2.12. The van der Waals surface area contributed by atoms with Crippen molar-refractivity contribution in [2.24, 2.45) is 7.05 Å². The van der Waals surface area contributed by atoms with Gasteiger partial charge in [-0.3, -0.25) is 0 Å². The largest absolute Gasteiger partial charge is 0.375 e. The number of anilines is 1. The van der Waals surface area contributed by atoms with Crippen LogP contribution >= 0.6 is 11.3 Å². The first-order chi connectivity index (χ1) is 8.15. The highest BCUT2D eigenvalue weighted by Crippen LogP contribution is 2.26. The fraction of sp³-hybridized carbons (Fsp3) is 0.0909. The minimum absolute atomic E-state index is 0.292. The highest BCUT2D eigenvalue weighted by molar-refractivity contribution is 7.13. The second-order valence-electron chi connectivity index (χ2n) is 3.70. The molecule has 2 N–H and O–H groups in total. The van der Waals surface area contributed by atoms with Crippen LogP contribution in [0.4, 0.5) is 9.52 Å². The van der Waals surface area contributed by atoms with Crippen molar-refractivity contribution >= 4 is 27.5 Å². The van der Waals surface area contributed by atoms with Crippen LogP contribution in [-0.4, -0.2) is 14.5 Å². The molecule has 0 aliphatic heterocycles. The van der Waals surface area contributed by atoms with Gasteiger partial charge in [0.2, 0.25) is 0 Å². The maximum absolute atomic E-state index is 13.1. The molecule has 2 heterocycles. The van der Waals surface area contributed by atoms with Gasteiger partial charge in [0.05, 0.1) is 11.0 Å². The van der Waals surface area contributed by atoms with Crippen LogP contribution in [0.3, 0.4) is 0 Å². The van der Waals surface area contributed by atoms with E-state index in [1.807, 2.05) is 17.0 Å². The zero-order valence-electron chi connectivity index (χ0n) is 9.01. The summed E-state index contributed by atoms with van der Waals surface area (Å²) >= 11 is 1.36. The Labute approximate surface area is 101 Å². The standard InChI is InChI=1S/C11H9FN4S/c1-16-9-3-2-6(12)4-7(9)14-10(16)8-5-17-11(13)15-8/h2-5H,1H3,(H2,13,15). The summed E-state index contributed by atoms with van der Waals surface area (Å²) in [6, 6.07) is 4.54. The van der Waals surface area contributed by atoms with Gasteiger partial charge in [0.15, 0.2) is 11.0 Å². The number of hydrogen-bond acceptors (Lipinski definition) is 4. The quantitative estimate of drug-likeness (QED) is 0.719. The molecule has 3 aromatic rings. The van der Waals surface area contributed by atoms with Crippen molar-refractivity contribution in [2.45, 2.75) is 0 Å². The Morgan fingerprint density at radius 3 is 2.88 bits per heavy atom. The minimum atomic E-state index is -0.292. The number of fused-ring (bicyclic) bond motifs is 1. The van der Waals surface area contributed by atoms with Gasteiger partial charge in [-0.25, -0.2) is 14.4 Å². The molecular formula is C11H9FN4S. The van der Waals surface area contributed by atoms with Crippen molar-refractivity contribution in [1.29, 1.82) is 0 Å². The molecule has 1 aromatic carbocycles. The van der Waals surface area contributed by atoms with Gasteiger partial charge in [0.1, 0.15) is 11.5 Å². The average molecular weight is 248 g/mol. The second kappa shape index (κ2) is 3.53. The summed E-state index contributed by atoms with van der Waals surface area (Å²) < 4.78 is 15.0. The molecule has 6 heteroatoms. The number of thiazole rings is 1. The summed E-state index contributed by atoms with van der Waals surface area (Å²) in [5.74, 6) is 0.401. The van der Waals surface area contributed by atoms with Crippen LogP contribution in [0.2, 0.25) is 0 Å². The van der Waals surface area contributed by atoms with E-state index in [2.05, 4.69) is 9.97 Å². The van der Waals surface area contributed by atoms with Gasteiger partial charge in [-0.1, -0.05) is 0 Å². The van der Waals surface area contributed by atoms with Gasteiger partial charge in [-0.15, -0.1) is 11.3 Å². The smallest absolute Gasteiger partial charge is 0.180 e. The molecule has 0 aliphatic rings. The average Bonchev–Trinajstić information content (AvgIpc) is 2.83. The molecular weight excluding hydrogens is 239 g/mol. The number of aryl methyl sites for hydroxylation is 1. The number of nitrogen functional groups attached to an aromatic ring is 1. The number of aromatic nitrogens is 3. The fourth-order valence-corrected chi connectivity index (χ4v) is 2.33. The molecule has 0 radical (unpaired) electrons. The molecule has 0 amide bonds. The van der Waals surface area contributed by atoms with Crippen molar-refractivity contribution in [1.82, 2.24) is 14.5 Å².